The van der Waals surface area contributed by atoms with Crippen molar-refractivity contribution in [1.29, 1.82) is 0 Å². The maximum atomic E-state index is 13.4. The van der Waals surface area contributed by atoms with E-state index in [1.54, 1.807) is 31.7 Å². The second kappa shape index (κ2) is 11.2. The molecule has 0 bridgehead atoms. The van der Waals surface area contributed by atoms with Crippen LogP contribution in [0.3, 0.4) is 0 Å². The number of ether oxygens (including phenoxy) is 3. The van der Waals surface area contributed by atoms with E-state index in [-0.39, 0.29) is 40.1 Å². The average Bonchev–Trinajstić information content (AvgIpc) is 3.36. The van der Waals surface area contributed by atoms with Gasteiger partial charge in [0.2, 0.25) is 5.91 Å². The third-order valence-electron chi connectivity index (χ3n) is 5.81. The largest absolute Gasteiger partial charge is 0.495 e. The van der Waals surface area contributed by atoms with Crippen LogP contribution >= 0.6 is 23.2 Å². The zero-order valence-corrected chi connectivity index (χ0v) is 21.8. The predicted molar refractivity (Wildman–Crippen MR) is 140 cm³/mol. The molecule has 1 fully saturated rings. The highest BCUT2D eigenvalue weighted by atomic mass is 35.5. The molecular formula is C24H24Cl2N6O5. The predicted octanol–water partition coefficient (Wildman–Crippen LogP) is 3.91. The number of fused-ring (bicyclic) bond motifs is 1. The molecule has 1 aromatic heterocycles. The zero-order valence-electron chi connectivity index (χ0n) is 20.3. The normalized spacial score (nSPS) is 18.4. The highest BCUT2D eigenvalue weighted by Crippen LogP contribution is 2.47. The number of carbonyl (C=O) groups excluding carboxylic acids is 2. The Hall–Kier alpha value is -3.67. The number of carbonyl (C=O) groups is 2. The lowest BCUT2D eigenvalue weighted by molar-refractivity contribution is -0.115. The lowest BCUT2D eigenvalue weighted by Crippen LogP contribution is -2.46. The molecule has 1 N–H and O–H groups in total. The summed E-state index contributed by atoms with van der Waals surface area (Å²) in [6.45, 7) is 4.31. The fourth-order valence-corrected chi connectivity index (χ4v) is 4.54. The van der Waals surface area contributed by atoms with E-state index < -0.39 is 6.03 Å². The number of aromatic nitrogens is 2. The lowest BCUT2D eigenvalue weighted by Gasteiger charge is -2.35. The molecule has 2 aliphatic rings. The number of nitrogens with one attached hydrogen (secondary N) is 1. The summed E-state index contributed by atoms with van der Waals surface area (Å²) in [6, 6.07) is 1.14. The Morgan fingerprint density at radius 1 is 1.30 bits per heavy atom. The third-order valence-corrected chi connectivity index (χ3v) is 6.54. The molecule has 2 aliphatic heterocycles. The summed E-state index contributed by atoms with van der Waals surface area (Å²) < 4.78 is 16.1. The van der Waals surface area contributed by atoms with E-state index in [2.05, 4.69) is 26.9 Å². The Bertz CT molecular complexity index is 1290. The monoisotopic (exact) mass is 546 g/mol. The van der Waals surface area contributed by atoms with Gasteiger partial charge in [-0.1, -0.05) is 29.8 Å². The molecule has 13 heteroatoms. The minimum absolute atomic E-state index is 0.116. The van der Waals surface area contributed by atoms with Gasteiger partial charge in [-0.25, -0.2) is 14.8 Å². The zero-order chi connectivity index (χ0) is 26.7. The van der Waals surface area contributed by atoms with Crippen molar-refractivity contribution in [2.75, 3.05) is 44.3 Å². The van der Waals surface area contributed by atoms with Gasteiger partial charge in [0.1, 0.15) is 27.4 Å². The van der Waals surface area contributed by atoms with Gasteiger partial charge in [-0.2, -0.15) is 4.98 Å². The number of halogens is 2. The van der Waals surface area contributed by atoms with Crippen molar-refractivity contribution < 1.29 is 23.8 Å². The number of benzene rings is 1. The van der Waals surface area contributed by atoms with Gasteiger partial charge in [-0.05, 0) is 11.6 Å². The van der Waals surface area contributed by atoms with Crippen molar-refractivity contribution in [2.45, 2.75) is 6.54 Å². The van der Waals surface area contributed by atoms with E-state index in [9.17, 15) is 9.59 Å². The highest BCUT2D eigenvalue weighted by molar-refractivity contribution is 6.42. The van der Waals surface area contributed by atoms with E-state index in [0.29, 0.717) is 36.1 Å². The molecule has 0 radical (unpaired) electrons. The molecule has 2 aromatic rings. The van der Waals surface area contributed by atoms with E-state index in [1.165, 1.54) is 30.1 Å². The number of anilines is 2. The first-order chi connectivity index (χ1) is 17.8. The summed E-state index contributed by atoms with van der Waals surface area (Å²) in [4.78, 5) is 40.7. The van der Waals surface area contributed by atoms with Gasteiger partial charge in [0, 0.05) is 43.2 Å². The number of hydrogen-bond acceptors (Lipinski definition) is 8. The van der Waals surface area contributed by atoms with E-state index in [0.717, 1.165) is 5.57 Å². The molecule has 1 atom stereocenters. The summed E-state index contributed by atoms with van der Waals surface area (Å²) >= 11 is 13.1. The van der Waals surface area contributed by atoms with E-state index >= 15 is 0 Å². The summed E-state index contributed by atoms with van der Waals surface area (Å²) in [5, 5.41) is 2.97. The Morgan fingerprint density at radius 2 is 2.00 bits per heavy atom. The van der Waals surface area contributed by atoms with Gasteiger partial charge in [0.15, 0.2) is 0 Å². The maximum absolute atomic E-state index is 13.4. The SMILES string of the molecule is C=CC(=O)NC=C1COCC1/C=N/c1ncc2c(n1)N(C)C(=O)N(c1c(Cl)c(OC)cc(OC)c1Cl)C2. The molecule has 1 saturated heterocycles. The van der Waals surface area contributed by atoms with Crippen LogP contribution < -0.4 is 24.6 Å². The summed E-state index contributed by atoms with van der Waals surface area (Å²) in [5.74, 6) is 0.730. The van der Waals surface area contributed by atoms with Gasteiger partial charge >= 0.3 is 6.03 Å². The maximum Gasteiger partial charge on any atom is 0.330 e. The Kier molecular flexibility index (Phi) is 7.96. The first-order valence-electron chi connectivity index (χ1n) is 11.0. The molecule has 194 valence electrons. The minimum Gasteiger partial charge on any atom is -0.495 e. The van der Waals surface area contributed by atoms with Crippen LogP contribution in [0.4, 0.5) is 22.2 Å². The molecule has 1 aromatic carbocycles. The molecular weight excluding hydrogens is 523 g/mol. The van der Waals surface area contributed by atoms with Crippen LogP contribution in [0.2, 0.25) is 10.0 Å². The average molecular weight is 547 g/mol. The smallest absolute Gasteiger partial charge is 0.330 e. The van der Waals surface area contributed by atoms with Gasteiger partial charge in [-0.3, -0.25) is 14.6 Å². The molecule has 1 unspecified atom stereocenters. The van der Waals surface area contributed by atoms with E-state index in [1.807, 2.05) is 0 Å². The quantitative estimate of drug-likeness (QED) is 0.413. The molecule has 0 aliphatic carbocycles. The number of rotatable bonds is 7. The van der Waals surface area contributed by atoms with Gasteiger partial charge in [0.05, 0.1) is 39.7 Å². The van der Waals surface area contributed by atoms with Crippen LogP contribution in [0.1, 0.15) is 5.56 Å². The van der Waals surface area contributed by atoms with Crippen molar-refractivity contribution in [3.05, 3.63) is 52.3 Å². The molecule has 3 heterocycles. The second-order valence-electron chi connectivity index (χ2n) is 8.04. The lowest BCUT2D eigenvalue weighted by atomic mass is 10.1. The van der Waals surface area contributed by atoms with Crippen LogP contribution in [0.25, 0.3) is 0 Å². The fourth-order valence-electron chi connectivity index (χ4n) is 3.83. The van der Waals surface area contributed by atoms with E-state index in [4.69, 9.17) is 37.4 Å². The van der Waals surface area contributed by atoms with Crippen LogP contribution in [0.15, 0.2) is 41.7 Å². The summed E-state index contributed by atoms with van der Waals surface area (Å²) in [5.41, 5.74) is 1.77. The molecule has 37 heavy (non-hydrogen) atoms. The standard InChI is InChI=1S/C24H24Cl2N6O5/c1-5-18(33)27-8-14-11-37-12-15(14)9-29-23-28-7-13-10-32(24(34)31(2)22(13)30-23)21-19(25)16(35-3)6-17(36-4)20(21)26/h5-9,15H,1,10-12H2,2-4H3,(H,27,33)/b14-8?,29-9+. The molecule has 11 nitrogen and oxygen atoms in total. The number of amides is 3. The number of methoxy groups -OCH3 is 2. The van der Waals surface area contributed by atoms with Crippen molar-refractivity contribution in [1.82, 2.24) is 15.3 Å². The topological polar surface area (TPSA) is 118 Å². The Morgan fingerprint density at radius 3 is 2.65 bits per heavy atom. The Balaban J connectivity index is 1.60. The molecule has 0 spiro atoms. The number of urea groups is 1. The van der Waals surface area contributed by atoms with Crippen molar-refractivity contribution in [3.63, 3.8) is 0 Å². The van der Waals surface area contributed by atoms with Crippen molar-refractivity contribution in [3.8, 4) is 11.5 Å². The van der Waals surface area contributed by atoms with Crippen LogP contribution in [0, 0.1) is 5.92 Å². The van der Waals surface area contributed by atoms with Crippen LogP contribution in [0.5, 0.6) is 11.5 Å². The molecule has 3 amide bonds. The highest BCUT2D eigenvalue weighted by Gasteiger charge is 2.35. The summed E-state index contributed by atoms with van der Waals surface area (Å²) in [7, 11) is 4.50. The molecule has 4 rings (SSSR count). The number of hydrogen-bond donors (Lipinski definition) is 1. The number of aliphatic imine (C=N–C) groups is 1. The van der Waals surface area contributed by atoms with Crippen molar-refractivity contribution >= 4 is 58.8 Å². The minimum atomic E-state index is -0.410. The second-order valence-corrected chi connectivity index (χ2v) is 8.79. The first kappa shape index (κ1) is 26.4. The Labute approximate surface area is 223 Å². The fraction of sp³-hybridized carbons (Fsp3) is 0.292. The van der Waals surface area contributed by atoms with Gasteiger partial charge in [-0.15, -0.1) is 0 Å². The van der Waals surface area contributed by atoms with Crippen LogP contribution in [-0.2, 0) is 16.1 Å². The number of nitrogens with zero attached hydrogens (tertiary/aromatic N) is 5. The van der Waals surface area contributed by atoms with Gasteiger partial charge in [0.25, 0.3) is 5.95 Å². The van der Waals surface area contributed by atoms with Crippen LogP contribution in [-0.4, -0.2) is 62.6 Å². The third kappa shape index (κ3) is 5.24. The first-order valence-corrected chi connectivity index (χ1v) is 11.8. The summed E-state index contributed by atoms with van der Waals surface area (Å²) in [6.07, 6.45) is 6.02. The van der Waals surface area contributed by atoms with Gasteiger partial charge < -0.3 is 19.5 Å². The molecule has 0 saturated carbocycles. The van der Waals surface area contributed by atoms with Crippen molar-refractivity contribution in [2.24, 2.45) is 10.9 Å².